The highest BCUT2D eigenvalue weighted by molar-refractivity contribution is 5.51. The lowest BCUT2D eigenvalue weighted by Crippen LogP contribution is -2.36. The topological polar surface area (TPSA) is 15.3 Å². The SMILES string of the molecule is CCCCNc1ccccc1CCC1CCCCN1C. The van der Waals surface area contributed by atoms with Crippen LogP contribution in [0.25, 0.3) is 0 Å². The van der Waals surface area contributed by atoms with Crippen molar-refractivity contribution >= 4 is 5.69 Å². The van der Waals surface area contributed by atoms with Gasteiger partial charge in [0, 0.05) is 18.3 Å². The summed E-state index contributed by atoms with van der Waals surface area (Å²) in [6, 6.07) is 9.62. The maximum atomic E-state index is 3.60. The number of aryl methyl sites for hydroxylation is 1. The third-order valence-corrected chi connectivity index (χ3v) is 4.53. The molecule has 1 aliphatic rings. The molecular weight excluding hydrogens is 244 g/mol. The molecule has 0 radical (unpaired) electrons. The van der Waals surface area contributed by atoms with Crippen LogP contribution in [0.3, 0.4) is 0 Å². The van der Waals surface area contributed by atoms with Gasteiger partial charge in [-0.2, -0.15) is 0 Å². The Morgan fingerprint density at radius 1 is 1.25 bits per heavy atom. The molecule has 112 valence electrons. The lowest BCUT2D eigenvalue weighted by Gasteiger charge is -2.32. The Bertz CT molecular complexity index is 389. The van der Waals surface area contributed by atoms with Crippen LogP contribution in [0.2, 0.25) is 0 Å². The summed E-state index contributed by atoms with van der Waals surface area (Å²) in [4.78, 5) is 2.55. The molecule has 1 unspecified atom stereocenters. The van der Waals surface area contributed by atoms with Crippen LogP contribution in [-0.4, -0.2) is 31.1 Å². The number of hydrogen-bond donors (Lipinski definition) is 1. The summed E-state index contributed by atoms with van der Waals surface area (Å²) in [5.74, 6) is 0. The van der Waals surface area contributed by atoms with Gasteiger partial charge in [0.2, 0.25) is 0 Å². The van der Waals surface area contributed by atoms with Gasteiger partial charge in [-0.05, 0) is 57.3 Å². The van der Waals surface area contributed by atoms with E-state index in [1.54, 1.807) is 0 Å². The lowest BCUT2D eigenvalue weighted by molar-refractivity contribution is 0.176. The first kappa shape index (κ1) is 15.4. The van der Waals surface area contributed by atoms with Crippen LogP contribution in [0, 0.1) is 0 Å². The van der Waals surface area contributed by atoms with Crippen molar-refractivity contribution in [3.05, 3.63) is 29.8 Å². The quantitative estimate of drug-likeness (QED) is 0.745. The summed E-state index contributed by atoms with van der Waals surface area (Å²) in [6.45, 7) is 4.62. The van der Waals surface area contributed by atoms with Crippen LogP contribution >= 0.6 is 0 Å². The summed E-state index contributed by atoms with van der Waals surface area (Å²) in [5, 5.41) is 3.60. The first-order valence-corrected chi connectivity index (χ1v) is 8.33. The number of rotatable bonds is 7. The molecule has 1 atom stereocenters. The number of hydrogen-bond acceptors (Lipinski definition) is 2. The number of piperidine rings is 1. The summed E-state index contributed by atoms with van der Waals surface area (Å²) in [5.41, 5.74) is 2.84. The summed E-state index contributed by atoms with van der Waals surface area (Å²) < 4.78 is 0. The number of likely N-dealkylation sites (tertiary alicyclic amines) is 1. The molecule has 1 aromatic rings. The monoisotopic (exact) mass is 274 g/mol. The molecule has 0 bridgehead atoms. The molecule has 0 amide bonds. The van der Waals surface area contributed by atoms with E-state index < -0.39 is 0 Å². The van der Waals surface area contributed by atoms with Crippen molar-refractivity contribution in [1.82, 2.24) is 4.90 Å². The van der Waals surface area contributed by atoms with Crippen molar-refractivity contribution in [2.24, 2.45) is 0 Å². The molecule has 0 aromatic heterocycles. The number of unbranched alkanes of at least 4 members (excludes halogenated alkanes) is 1. The summed E-state index contributed by atoms with van der Waals surface area (Å²) in [7, 11) is 2.29. The fourth-order valence-corrected chi connectivity index (χ4v) is 3.14. The zero-order chi connectivity index (χ0) is 14.2. The third kappa shape index (κ3) is 4.52. The van der Waals surface area contributed by atoms with Gasteiger partial charge in [0.1, 0.15) is 0 Å². The first-order valence-electron chi connectivity index (χ1n) is 8.33. The number of para-hydroxylation sites is 1. The third-order valence-electron chi connectivity index (χ3n) is 4.53. The highest BCUT2D eigenvalue weighted by Gasteiger charge is 2.18. The summed E-state index contributed by atoms with van der Waals surface area (Å²) in [6.07, 6.45) is 9.16. The zero-order valence-electron chi connectivity index (χ0n) is 13.2. The van der Waals surface area contributed by atoms with Crippen LogP contribution in [0.1, 0.15) is 51.0 Å². The van der Waals surface area contributed by atoms with Gasteiger partial charge in [-0.25, -0.2) is 0 Å². The minimum absolute atomic E-state index is 0.785. The number of nitrogens with one attached hydrogen (secondary N) is 1. The lowest BCUT2D eigenvalue weighted by atomic mass is 9.96. The predicted octanol–water partition coefficient (Wildman–Crippen LogP) is 4.32. The zero-order valence-corrected chi connectivity index (χ0v) is 13.2. The van der Waals surface area contributed by atoms with E-state index in [2.05, 4.69) is 48.5 Å². The second-order valence-electron chi connectivity index (χ2n) is 6.11. The normalized spacial score (nSPS) is 20.0. The Hall–Kier alpha value is -1.02. The molecule has 1 heterocycles. The van der Waals surface area contributed by atoms with Crippen molar-refractivity contribution < 1.29 is 0 Å². The van der Waals surface area contributed by atoms with Crippen molar-refractivity contribution in [2.75, 3.05) is 25.5 Å². The number of anilines is 1. The largest absolute Gasteiger partial charge is 0.385 e. The standard InChI is InChI=1S/C18H30N2/c1-3-4-14-19-18-11-6-5-9-16(18)12-13-17-10-7-8-15-20(17)2/h5-6,9,11,17,19H,3-4,7-8,10,12-15H2,1-2H3. The molecule has 1 saturated heterocycles. The maximum Gasteiger partial charge on any atom is 0.0372 e. The van der Waals surface area contributed by atoms with Crippen molar-refractivity contribution in [1.29, 1.82) is 0 Å². The molecule has 1 N–H and O–H groups in total. The number of nitrogens with zero attached hydrogens (tertiary/aromatic N) is 1. The van der Waals surface area contributed by atoms with Gasteiger partial charge in [-0.3, -0.25) is 0 Å². The molecule has 2 heteroatoms. The molecule has 0 aliphatic carbocycles. The predicted molar refractivity (Wildman–Crippen MR) is 88.4 cm³/mol. The highest BCUT2D eigenvalue weighted by atomic mass is 15.1. The van der Waals surface area contributed by atoms with Crippen molar-refractivity contribution in [2.45, 2.75) is 57.9 Å². The molecule has 0 saturated carbocycles. The fraction of sp³-hybridized carbons (Fsp3) is 0.667. The minimum atomic E-state index is 0.785. The van der Waals surface area contributed by atoms with E-state index >= 15 is 0 Å². The van der Waals surface area contributed by atoms with Crippen molar-refractivity contribution in [3.8, 4) is 0 Å². The van der Waals surface area contributed by atoms with Gasteiger partial charge in [-0.15, -0.1) is 0 Å². The van der Waals surface area contributed by atoms with Crippen molar-refractivity contribution in [3.63, 3.8) is 0 Å². The number of benzene rings is 1. The van der Waals surface area contributed by atoms with E-state index in [4.69, 9.17) is 0 Å². The molecular formula is C18H30N2. The summed E-state index contributed by atoms with van der Waals surface area (Å²) >= 11 is 0. The van der Waals surface area contributed by atoms with Crippen LogP contribution in [0.15, 0.2) is 24.3 Å². The van der Waals surface area contributed by atoms with Gasteiger partial charge in [0.15, 0.2) is 0 Å². The Morgan fingerprint density at radius 3 is 2.90 bits per heavy atom. The fourth-order valence-electron chi connectivity index (χ4n) is 3.14. The van der Waals surface area contributed by atoms with Gasteiger partial charge < -0.3 is 10.2 Å². The van der Waals surface area contributed by atoms with Gasteiger partial charge in [0.25, 0.3) is 0 Å². The van der Waals surface area contributed by atoms with E-state index in [-0.39, 0.29) is 0 Å². The molecule has 1 aromatic carbocycles. The smallest absolute Gasteiger partial charge is 0.0372 e. The Morgan fingerprint density at radius 2 is 2.10 bits per heavy atom. The molecule has 2 nitrogen and oxygen atoms in total. The van der Waals surface area contributed by atoms with E-state index in [1.807, 2.05) is 0 Å². The molecule has 2 rings (SSSR count). The second kappa shape index (κ2) is 8.31. The molecule has 1 fully saturated rings. The Kier molecular flexibility index (Phi) is 6.38. The van der Waals surface area contributed by atoms with Crippen LogP contribution in [0.5, 0.6) is 0 Å². The second-order valence-corrected chi connectivity index (χ2v) is 6.11. The maximum absolute atomic E-state index is 3.60. The van der Waals surface area contributed by atoms with Gasteiger partial charge >= 0.3 is 0 Å². The molecule has 20 heavy (non-hydrogen) atoms. The van der Waals surface area contributed by atoms with E-state index in [0.717, 1.165) is 12.6 Å². The average Bonchev–Trinajstić information content (AvgIpc) is 2.48. The van der Waals surface area contributed by atoms with E-state index in [9.17, 15) is 0 Å². The van der Waals surface area contributed by atoms with Gasteiger partial charge in [0.05, 0.1) is 0 Å². The molecule has 1 aliphatic heterocycles. The first-order chi connectivity index (χ1) is 9.81. The minimum Gasteiger partial charge on any atom is -0.385 e. The van der Waals surface area contributed by atoms with Crippen LogP contribution in [0.4, 0.5) is 5.69 Å². The Balaban J connectivity index is 1.88. The van der Waals surface area contributed by atoms with E-state index in [1.165, 1.54) is 62.7 Å². The average molecular weight is 274 g/mol. The van der Waals surface area contributed by atoms with Gasteiger partial charge in [-0.1, -0.05) is 38.0 Å². The highest BCUT2D eigenvalue weighted by Crippen LogP contribution is 2.22. The Labute approximate surface area is 124 Å². The molecule has 0 spiro atoms. The van der Waals surface area contributed by atoms with Crippen LogP contribution in [-0.2, 0) is 6.42 Å². The van der Waals surface area contributed by atoms with E-state index in [0.29, 0.717) is 0 Å². The van der Waals surface area contributed by atoms with Crippen LogP contribution < -0.4 is 5.32 Å².